The Balaban J connectivity index is 2.05. The Labute approximate surface area is 140 Å². The first-order valence-corrected chi connectivity index (χ1v) is 7.31. The lowest BCUT2D eigenvalue weighted by Gasteiger charge is -2.10. The van der Waals surface area contributed by atoms with Crippen molar-refractivity contribution < 1.29 is 14.3 Å². The van der Waals surface area contributed by atoms with Gasteiger partial charge < -0.3 is 9.47 Å². The summed E-state index contributed by atoms with van der Waals surface area (Å²) in [6, 6.07) is 8.63. The molecule has 0 aliphatic heterocycles. The van der Waals surface area contributed by atoms with Crippen molar-refractivity contribution in [1.82, 2.24) is 10.4 Å². The van der Waals surface area contributed by atoms with Crippen molar-refractivity contribution in [2.75, 3.05) is 13.2 Å². The molecule has 0 unspecified atom stereocenters. The summed E-state index contributed by atoms with van der Waals surface area (Å²) in [5.74, 6) is 3.20. The molecular formula is C18H17N3O3. The van der Waals surface area contributed by atoms with E-state index in [4.69, 9.17) is 15.9 Å². The molecular weight excluding hydrogens is 306 g/mol. The van der Waals surface area contributed by atoms with Crippen molar-refractivity contribution in [3.05, 3.63) is 53.9 Å². The van der Waals surface area contributed by atoms with Gasteiger partial charge in [0.2, 0.25) is 0 Å². The number of hydrazone groups is 1. The minimum Gasteiger partial charge on any atom is -0.490 e. The van der Waals surface area contributed by atoms with Crippen LogP contribution in [0, 0.1) is 12.3 Å². The highest BCUT2D eigenvalue weighted by atomic mass is 16.5. The number of carbonyl (C=O) groups excluding carboxylic acids is 1. The predicted molar refractivity (Wildman–Crippen MR) is 91.2 cm³/mol. The molecule has 0 aliphatic carbocycles. The first kappa shape index (κ1) is 17.0. The number of amides is 1. The van der Waals surface area contributed by atoms with Crippen LogP contribution in [0.4, 0.5) is 0 Å². The third-order valence-corrected chi connectivity index (χ3v) is 2.88. The average Bonchev–Trinajstić information content (AvgIpc) is 2.62. The molecule has 0 aliphatic rings. The van der Waals surface area contributed by atoms with Gasteiger partial charge >= 0.3 is 0 Å². The normalized spacial score (nSPS) is 10.2. The second-order valence-electron chi connectivity index (χ2n) is 4.57. The molecule has 0 bridgehead atoms. The SMILES string of the molecule is C#CCOc1ccc(/C=N\NC(=O)c2cccnc2)cc1OCC. The van der Waals surface area contributed by atoms with E-state index in [0.717, 1.165) is 5.56 Å². The number of pyridine rings is 1. The van der Waals surface area contributed by atoms with E-state index < -0.39 is 0 Å². The fourth-order valence-corrected chi connectivity index (χ4v) is 1.84. The first-order valence-electron chi connectivity index (χ1n) is 7.31. The number of hydrogen-bond acceptors (Lipinski definition) is 5. The number of nitrogens with one attached hydrogen (secondary N) is 1. The van der Waals surface area contributed by atoms with Crippen LogP contribution in [-0.2, 0) is 0 Å². The van der Waals surface area contributed by atoms with E-state index >= 15 is 0 Å². The lowest BCUT2D eigenvalue weighted by Crippen LogP contribution is -2.17. The van der Waals surface area contributed by atoms with Crippen LogP contribution in [-0.4, -0.2) is 30.3 Å². The third-order valence-electron chi connectivity index (χ3n) is 2.88. The summed E-state index contributed by atoms with van der Waals surface area (Å²) in [6.45, 7) is 2.53. The summed E-state index contributed by atoms with van der Waals surface area (Å²) < 4.78 is 10.9. The molecule has 24 heavy (non-hydrogen) atoms. The molecule has 1 aromatic carbocycles. The van der Waals surface area contributed by atoms with Gasteiger partial charge in [-0.3, -0.25) is 9.78 Å². The smallest absolute Gasteiger partial charge is 0.272 e. The number of ether oxygens (including phenoxy) is 2. The molecule has 0 fully saturated rings. The molecule has 122 valence electrons. The van der Waals surface area contributed by atoms with Crippen LogP contribution in [0.1, 0.15) is 22.8 Å². The van der Waals surface area contributed by atoms with Crippen molar-refractivity contribution in [2.45, 2.75) is 6.92 Å². The Morgan fingerprint density at radius 1 is 1.38 bits per heavy atom. The molecule has 0 radical (unpaired) electrons. The van der Waals surface area contributed by atoms with Gasteiger partial charge in [0, 0.05) is 12.4 Å². The molecule has 6 heteroatoms. The number of aromatic nitrogens is 1. The van der Waals surface area contributed by atoms with Crippen LogP contribution in [0.15, 0.2) is 47.8 Å². The van der Waals surface area contributed by atoms with Gasteiger partial charge in [0.25, 0.3) is 5.91 Å². The predicted octanol–water partition coefficient (Wildman–Crippen LogP) is 2.26. The van der Waals surface area contributed by atoms with Gasteiger partial charge in [0.1, 0.15) is 6.61 Å². The fraction of sp³-hybridized carbons (Fsp3) is 0.167. The van der Waals surface area contributed by atoms with E-state index in [1.165, 1.54) is 12.4 Å². The zero-order valence-electron chi connectivity index (χ0n) is 13.2. The summed E-state index contributed by atoms with van der Waals surface area (Å²) in [5.41, 5.74) is 3.62. The highest BCUT2D eigenvalue weighted by molar-refractivity contribution is 5.94. The third kappa shape index (κ3) is 4.85. The lowest BCUT2D eigenvalue weighted by atomic mass is 10.2. The lowest BCUT2D eigenvalue weighted by molar-refractivity contribution is 0.0955. The van der Waals surface area contributed by atoms with Crippen LogP contribution in [0.2, 0.25) is 0 Å². The van der Waals surface area contributed by atoms with Crippen molar-refractivity contribution in [1.29, 1.82) is 0 Å². The van der Waals surface area contributed by atoms with Crippen LogP contribution < -0.4 is 14.9 Å². The van der Waals surface area contributed by atoms with E-state index in [1.807, 2.05) is 6.92 Å². The van der Waals surface area contributed by atoms with Gasteiger partial charge in [-0.15, -0.1) is 6.42 Å². The second-order valence-corrected chi connectivity index (χ2v) is 4.57. The molecule has 6 nitrogen and oxygen atoms in total. The zero-order chi connectivity index (χ0) is 17.2. The maximum atomic E-state index is 11.8. The number of carbonyl (C=O) groups is 1. The molecule has 1 heterocycles. The van der Waals surface area contributed by atoms with Gasteiger partial charge in [-0.25, -0.2) is 5.43 Å². The molecule has 0 atom stereocenters. The van der Waals surface area contributed by atoms with E-state index in [-0.39, 0.29) is 12.5 Å². The van der Waals surface area contributed by atoms with Gasteiger partial charge in [0.15, 0.2) is 11.5 Å². The standard InChI is InChI=1S/C18H17N3O3/c1-3-10-24-16-8-7-14(11-17(16)23-4-2)12-20-21-18(22)15-6-5-9-19-13-15/h1,5-9,11-13H,4,10H2,2H3,(H,21,22)/b20-12-. The summed E-state index contributed by atoms with van der Waals surface area (Å²) in [7, 11) is 0. The van der Waals surface area contributed by atoms with E-state index in [0.29, 0.717) is 23.7 Å². The summed E-state index contributed by atoms with van der Waals surface area (Å²) in [5, 5.41) is 3.93. The van der Waals surface area contributed by atoms with Gasteiger partial charge in [-0.2, -0.15) is 5.10 Å². The average molecular weight is 323 g/mol. The Hall–Kier alpha value is -3.33. The van der Waals surface area contributed by atoms with Crippen LogP contribution in [0.3, 0.4) is 0 Å². The fourth-order valence-electron chi connectivity index (χ4n) is 1.84. The highest BCUT2D eigenvalue weighted by Gasteiger charge is 2.06. The monoisotopic (exact) mass is 323 g/mol. The van der Waals surface area contributed by atoms with Crippen molar-refractivity contribution in [3.8, 4) is 23.8 Å². The molecule has 2 rings (SSSR count). The Kier molecular flexibility index (Phi) is 6.35. The van der Waals surface area contributed by atoms with Gasteiger partial charge in [-0.1, -0.05) is 5.92 Å². The number of benzene rings is 1. The minimum atomic E-state index is -0.335. The summed E-state index contributed by atoms with van der Waals surface area (Å²) >= 11 is 0. The maximum Gasteiger partial charge on any atom is 0.272 e. The number of terminal acetylenes is 1. The number of nitrogens with zero attached hydrogens (tertiary/aromatic N) is 2. The Bertz CT molecular complexity index is 752. The number of hydrogen-bond donors (Lipinski definition) is 1. The van der Waals surface area contributed by atoms with Crippen LogP contribution >= 0.6 is 0 Å². The highest BCUT2D eigenvalue weighted by Crippen LogP contribution is 2.27. The zero-order valence-corrected chi connectivity index (χ0v) is 13.2. The quantitative estimate of drug-likeness (QED) is 0.482. The maximum absolute atomic E-state index is 11.8. The van der Waals surface area contributed by atoms with E-state index in [9.17, 15) is 4.79 Å². The van der Waals surface area contributed by atoms with E-state index in [1.54, 1.807) is 36.5 Å². The molecule has 1 N–H and O–H groups in total. The molecule has 0 saturated heterocycles. The van der Waals surface area contributed by atoms with E-state index in [2.05, 4.69) is 21.4 Å². The summed E-state index contributed by atoms with van der Waals surface area (Å²) in [6.07, 6.45) is 9.77. The minimum absolute atomic E-state index is 0.161. The number of rotatable bonds is 7. The largest absolute Gasteiger partial charge is 0.490 e. The van der Waals surface area contributed by atoms with Gasteiger partial charge in [-0.05, 0) is 42.8 Å². The van der Waals surface area contributed by atoms with Gasteiger partial charge in [0.05, 0.1) is 18.4 Å². The molecule has 0 spiro atoms. The molecule has 1 amide bonds. The Morgan fingerprint density at radius 3 is 2.96 bits per heavy atom. The van der Waals surface area contributed by atoms with Crippen LogP contribution in [0.5, 0.6) is 11.5 Å². The molecule has 1 aromatic heterocycles. The van der Waals surface area contributed by atoms with Crippen molar-refractivity contribution in [3.63, 3.8) is 0 Å². The molecule has 2 aromatic rings. The second kappa shape index (κ2) is 8.96. The van der Waals surface area contributed by atoms with Crippen LogP contribution in [0.25, 0.3) is 0 Å². The topological polar surface area (TPSA) is 72.8 Å². The Morgan fingerprint density at radius 2 is 2.25 bits per heavy atom. The van der Waals surface area contributed by atoms with Crippen molar-refractivity contribution >= 4 is 12.1 Å². The molecule has 0 saturated carbocycles. The first-order chi connectivity index (χ1) is 11.7. The summed E-state index contributed by atoms with van der Waals surface area (Å²) in [4.78, 5) is 15.7. The van der Waals surface area contributed by atoms with Crippen molar-refractivity contribution in [2.24, 2.45) is 5.10 Å².